The monoisotopic (exact) mass is 335 g/mol. The largest absolute Gasteiger partial charge is 0.378 e. The number of carbonyl (C=O) groups is 1. The Labute approximate surface area is 145 Å². The Bertz CT molecular complexity index is 464. The number of hydrogen-bond donors (Lipinski definition) is 2. The van der Waals surface area contributed by atoms with Crippen molar-refractivity contribution < 1.29 is 9.53 Å². The van der Waals surface area contributed by atoms with Gasteiger partial charge in [-0.25, -0.2) is 4.79 Å². The van der Waals surface area contributed by atoms with Gasteiger partial charge in [0, 0.05) is 36.7 Å². The lowest BCUT2D eigenvalue weighted by Gasteiger charge is -2.54. The normalized spacial score (nSPS) is 37.9. The smallest absolute Gasteiger partial charge is 0.315 e. The van der Waals surface area contributed by atoms with Gasteiger partial charge in [-0.2, -0.15) is 0 Å². The van der Waals surface area contributed by atoms with E-state index in [0.717, 1.165) is 32.4 Å². The van der Waals surface area contributed by atoms with Gasteiger partial charge in [-0.05, 0) is 58.4 Å². The molecule has 4 fully saturated rings. The first-order valence-electron chi connectivity index (χ1n) is 10.1. The molecule has 5 nitrogen and oxygen atoms in total. The fourth-order valence-electron chi connectivity index (χ4n) is 5.83. The molecular weight excluding hydrogens is 302 g/mol. The number of rotatable bonds is 4. The Hall–Kier alpha value is -0.810. The van der Waals surface area contributed by atoms with Gasteiger partial charge < -0.3 is 20.3 Å². The maximum absolute atomic E-state index is 12.5. The Morgan fingerprint density at radius 3 is 2.75 bits per heavy atom. The predicted molar refractivity (Wildman–Crippen MR) is 94.0 cm³/mol. The van der Waals surface area contributed by atoms with E-state index in [1.807, 2.05) is 0 Å². The van der Waals surface area contributed by atoms with Gasteiger partial charge in [0.25, 0.3) is 0 Å². The molecule has 2 saturated carbocycles. The number of urea groups is 1. The van der Waals surface area contributed by atoms with Gasteiger partial charge in [0.15, 0.2) is 0 Å². The summed E-state index contributed by atoms with van der Waals surface area (Å²) in [6.45, 7) is 5.26. The SMILES string of the molecule is CCO[C@@H]1C[C@H](NC(=O)N[C@@H]2CCN3CCC[C@@H]3C2)C12CCCC2. The summed E-state index contributed by atoms with van der Waals surface area (Å²) in [5.74, 6) is 0. The summed E-state index contributed by atoms with van der Waals surface area (Å²) in [4.78, 5) is 15.1. The Kier molecular flexibility index (Phi) is 4.74. The molecule has 2 amide bonds. The van der Waals surface area contributed by atoms with E-state index >= 15 is 0 Å². The van der Waals surface area contributed by atoms with E-state index in [4.69, 9.17) is 4.74 Å². The highest BCUT2D eigenvalue weighted by Crippen LogP contribution is 2.54. The highest BCUT2D eigenvalue weighted by atomic mass is 16.5. The van der Waals surface area contributed by atoms with E-state index in [2.05, 4.69) is 22.5 Å². The fraction of sp³-hybridized carbons (Fsp3) is 0.947. The third-order valence-corrected chi connectivity index (χ3v) is 7.15. The summed E-state index contributed by atoms with van der Waals surface area (Å²) < 4.78 is 5.95. The van der Waals surface area contributed by atoms with Crippen LogP contribution in [0.2, 0.25) is 0 Å². The van der Waals surface area contributed by atoms with Crippen molar-refractivity contribution in [2.24, 2.45) is 5.41 Å². The Morgan fingerprint density at radius 2 is 1.96 bits per heavy atom. The minimum Gasteiger partial charge on any atom is -0.378 e. The minimum atomic E-state index is 0.0534. The molecule has 0 aromatic carbocycles. The van der Waals surface area contributed by atoms with Crippen LogP contribution < -0.4 is 10.6 Å². The first-order valence-corrected chi connectivity index (χ1v) is 10.1. The lowest BCUT2D eigenvalue weighted by atomic mass is 9.60. The highest BCUT2D eigenvalue weighted by Gasteiger charge is 2.57. The number of nitrogens with one attached hydrogen (secondary N) is 2. The predicted octanol–water partition coefficient (Wildman–Crippen LogP) is 2.65. The molecule has 2 heterocycles. The van der Waals surface area contributed by atoms with Crippen molar-refractivity contribution in [1.29, 1.82) is 0 Å². The van der Waals surface area contributed by atoms with Crippen LogP contribution in [0, 0.1) is 5.41 Å². The zero-order valence-corrected chi connectivity index (χ0v) is 15.1. The first kappa shape index (κ1) is 16.6. The van der Waals surface area contributed by atoms with E-state index in [-0.39, 0.29) is 11.4 Å². The molecule has 136 valence electrons. The van der Waals surface area contributed by atoms with Crippen LogP contribution in [0.25, 0.3) is 0 Å². The summed E-state index contributed by atoms with van der Waals surface area (Å²) >= 11 is 0. The second-order valence-corrected chi connectivity index (χ2v) is 8.34. The van der Waals surface area contributed by atoms with Crippen molar-refractivity contribution in [2.75, 3.05) is 19.7 Å². The molecule has 24 heavy (non-hydrogen) atoms. The van der Waals surface area contributed by atoms with Crippen molar-refractivity contribution in [3.8, 4) is 0 Å². The number of ether oxygens (including phenoxy) is 1. The minimum absolute atomic E-state index is 0.0534. The van der Waals surface area contributed by atoms with Crippen LogP contribution in [0.15, 0.2) is 0 Å². The van der Waals surface area contributed by atoms with Gasteiger partial charge in [-0.15, -0.1) is 0 Å². The van der Waals surface area contributed by atoms with Crippen LogP contribution in [0.5, 0.6) is 0 Å². The molecule has 1 spiro atoms. The van der Waals surface area contributed by atoms with Gasteiger partial charge in [-0.1, -0.05) is 12.8 Å². The third kappa shape index (κ3) is 2.94. The summed E-state index contributed by atoms with van der Waals surface area (Å²) in [6, 6.07) is 1.42. The lowest BCUT2D eigenvalue weighted by Crippen LogP contribution is -2.65. The molecule has 2 saturated heterocycles. The average molecular weight is 335 g/mol. The van der Waals surface area contributed by atoms with E-state index in [9.17, 15) is 4.79 Å². The van der Waals surface area contributed by atoms with Crippen LogP contribution in [-0.2, 0) is 4.74 Å². The number of carbonyl (C=O) groups excluding carboxylic acids is 1. The van der Waals surface area contributed by atoms with E-state index in [0.29, 0.717) is 24.2 Å². The highest BCUT2D eigenvalue weighted by molar-refractivity contribution is 5.75. The van der Waals surface area contributed by atoms with Crippen LogP contribution in [0.1, 0.15) is 64.7 Å². The summed E-state index contributed by atoms with van der Waals surface area (Å²) in [6.07, 6.45) is 11.2. The number of hydrogen-bond acceptors (Lipinski definition) is 3. The lowest BCUT2D eigenvalue weighted by molar-refractivity contribution is -0.126. The molecule has 4 aliphatic rings. The Balaban J connectivity index is 1.28. The van der Waals surface area contributed by atoms with Gasteiger partial charge in [0.05, 0.1) is 6.10 Å². The van der Waals surface area contributed by atoms with Gasteiger partial charge in [-0.3, -0.25) is 0 Å². The average Bonchev–Trinajstić information content (AvgIpc) is 3.24. The third-order valence-electron chi connectivity index (χ3n) is 7.15. The van der Waals surface area contributed by atoms with E-state index < -0.39 is 0 Å². The molecule has 2 aliphatic carbocycles. The fourth-order valence-corrected chi connectivity index (χ4v) is 5.83. The molecule has 0 aromatic heterocycles. The number of piperidine rings is 1. The molecule has 0 bridgehead atoms. The topological polar surface area (TPSA) is 53.6 Å². The Morgan fingerprint density at radius 1 is 1.12 bits per heavy atom. The maximum Gasteiger partial charge on any atom is 0.315 e. The summed E-state index contributed by atoms with van der Waals surface area (Å²) in [5.41, 5.74) is 0.224. The molecule has 4 atom stereocenters. The van der Waals surface area contributed by atoms with Crippen LogP contribution in [-0.4, -0.2) is 54.9 Å². The van der Waals surface area contributed by atoms with Gasteiger partial charge >= 0.3 is 6.03 Å². The maximum atomic E-state index is 12.5. The molecule has 4 rings (SSSR count). The van der Waals surface area contributed by atoms with Crippen LogP contribution in [0.3, 0.4) is 0 Å². The van der Waals surface area contributed by atoms with Gasteiger partial charge in [0.1, 0.15) is 0 Å². The van der Waals surface area contributed by atoms with Crippen molar-refractivity contribution in [3.05, 3.63) is 0 Å². The zero-order valence-electron chi connectivity index (χ0n) is 15.1. The van der Waals surface area contributed by atoms with Crippen molar-refractivity contribution in [2.45, 2.75) is 88.9 Å². The number of amides is 2. The molecule has 5 heteroatoms. The van der Waals surface area contributed by atoms with Crippen LogP contribution >= 0.6 is 0 Å². The van der Waals surface area contributed by atoms with Crippen LogP contribution in [0.4, 0.5) is 4.79 Å². The standard InChI is InChI=1S/C19H33N3O2/c1-2-24-17-13-16(19(17)8-3-4-9-19)21-18(23)20-14-7-11-22-10-5-6-15(22)12-14/h14-17H,2-13H2,1H3,(H2,20,21,23)/t14-,15-,16+,17-/m1/s1. The summed E-state index contributed by atoms with van der Waals surface area (Å²) in [7, 11) is 0. The molecule has 2 N–H and O–H groups in total. The molecule has 0 radical (unpaired) electrons. The van der Waals surface area contributed by atoms with E-state index in [1.165, 1.54) is 45.1 Å². The van der Waals surface area contributed by atoms with Crippen molar-refractivity contribution in [1.82, 2.24) is 15.5 Å². The van der Waals surface area contributed by atoms with E-state index in [1.54, 1.807) is 0 Å². The number of nitrogens with zero attached hydrogens (tertiary/aromatic N) is 1. The van der Waals surface area contributed by atoms with Crippen molar-refractivity contribution in [3.63, 3.8) is 0 Å². The first-order chi connectivity index (χ1) is 11.7. The molecular formula is C19H33N3O2. The molecule has 0 aromatic rings. The summed E-state index contributed by atoms with van der Waals surface area (Å²) in [5, 5.41) is 6.57. The molecule has 2 aliphatic heterocycles. The van der Waals surface area contributed by atoms with Crippen molar-refractivity contribution >= 4 is 6.03 Å². The zero-order chi connectivity index (χ0) is 16.6. The van der Waals surface area contributed by atoms with Gasteiger partial charge in [0.2, 0.25) is 0 Å². The second kappa shape index (κ2) is 6.83. The second-order valence-electron chi connectivity index (χ2n) is 8.34. The molecule has 0 unspecified atom stereocenters. The quantitative estimate of drug-likeness (QED) is 0.830. The number of fused-ring (bicyclic) bond motifs is 1.